The smallest absolute Gasteiger partial charge is 0.335 e. The van der Waals surface area contributed by atoms with Crippen LogP contribution in [0.15, 0.2) is 85.5 Å². The lowest BCUT2D eigenvalue weighted by atomic mass is 9.92. The van der Waals surface area contributed by atoms with Crippen LogP contribution < -0.4 is 0 Å². The zero-order chi connectivity index (χ0) is 30.5. The summed E-state index contributed by atoms with van der Waals surface area (Å²) in [5.74, 6) is -0.665. The Balaban J connectivity index is 1.31. The summed E-state index contributed by atoms with van der Waals surface area (Å²) < 4.78 is 0. The van der Waals surface area contributed by atoms with Crippen molar-refractivity contribution in [1.82, 2.24) is 19.6 Å². The third-order valence-electron chi connectivity index (χ3n) is 8.76. The number of phenolic OH excluding ortho intramolecular Hbond substituents is 1. The van der Waals surface area contributed by atoms with Crippen LogP contribution in [-0.2, 0) is 6.54 Å². The number of aromatic carboxylic acids is 1. The van der Waals surface area contributed by atoms with Crippen LogP contribution in [0.4, 0.5) is 0 Å². The zero-order valence-corrected chi connectivity index (χ0v) is 25.1. The number of rotatable bonds is 9. The molecule has 1 amide bonds. The predicted molar refractivity (Wildman–Crippen MR) is 168 cm³/mol. The van der Waals surface area contributed by atoms with Gasteiger partial charge in [0, 0.05) is 70.0 Å². The summed E-state index contributed by atoms with van der Waals surface area (Å²) in [4.78, 5) is 34.0. The van der Waals surface area contributed by atoms with Crippen molar-refractivity contribution in [2.45, 2.75) is 38.5 Å². The Labute approximate surface area is 254 Å². The number of hydrogen-bond donors (Lipinski definition) is 2. The molecular weight excluding hydrogens is 540 g/mol. The standard InChI is InChI=1S/C35H42N4O4/c1-4-15-38-22-26(3)39(23-25(38)2)33(30-8-6-10-32(40)21-30)29-7-5-9-31(20-29)34(41)37-18-16-36(17-19-37)24-27-11-13-28(14-12-27)35(42)43/h4-14,20-21,25-26,33,40H,1,15-19,22-24H2,2-3H3,(H,42,43)/t25-,26+,33-/m1/s1. The van der Waals surface area contributed by atoms with Gasteiger partial charge in [0.15, 0.2) is 0 Å². The molecule has 0 saturated carbocycles. The fourth-order valence-corrected chi connectivity index (χ4v) is 6.42. The number of nitrogens with zero attached hydrogens (tertiary/aromatic N) is 4. The van der Waals surface area contributed by atoms with E-state index in [0.29, 0.717) is 24.7 Å². The number of benzene rings is 3. The van der Waals surface area contributed by atoms with E-state index in [1.807, 2.05) is 53.4 Å². The van der Waals surface area contributed by atoms with Gasteiger partial charge in [-0.1, -0.05) is 42.5 Å². The van der Waals surface area contributed by atoms with Crippen LogP contribution >= 0.6 is 0 Å². The average molecular weight is 583 g/mol. The van der Waals surface area contributed by atoms with E-state index in [2.05, 4.69) is 47.3 Å². The lowest BCUT2D eigenvalue weighted by molar-refractivity contribution is 0.0306. The Bertz CT molecular complexity index is 1430. The van der Waals surface area contributed by atoms with Gasteiger partial charge in [0.1, 0.15) is 5.75 Å². The molecule has 8 nitrogen and oxygen atoms in total. The maximum absolute atomic E-state index is 13.7. The molecule has 0 aliphatic carbocycles. The monoisotopic (exact) mass is 582 g/mol. The highest BCUT2D eigenvalue weighted by molar-refractivity contribution is 5.94. The van der Waals surface area contributed by atoms with Gasteiger partial charge in [-0.25, -0.2) is 4.79 Å². The molecule has 0 aromatic heterocycles. The molecule has 2 aliphatic rings. The van der Waals surface area contributed by atoms with E-state index in [9.17, 15) is 14.7 Å². The number of phenols is 1. The van der Waals surface area contributed by atoms with Gasteiger partial charge in [-0.05, 0) is 66.9 Å². The fourth-order valence-electron chi connectivity index (χ4n) is 6.42. The number of carbonyl (C=O) groups is 2. The largest absolute Gasteiger partial charge is 0.508 e. The van der Waals surface area contributed by atoms with Crippen molar-refractivity contribution < 1.29 is 19.8 Å². The van der Waals surface area contributed by atoms with E-state index < -0.39 is 5.97 Å². The van der Waals surface area contributed by atoms with E-state index in [1.54, 1.807) is 18.2 Å². The lowest BCUT2D eigenvalue weighted by Gasteiger charge is -2.47. The van der Waals surface area contributed by atoms with Crippen molar-refractivity contribution in [3.05, 3.63) is 113 Å². The first-order valence-corrected chi connectivity index (χ1v) is 15.1. The molecule has 3 aromatic carbocycles. The molecule has 3 atom stereocenters. The van der Waals surface area contributed by atoms with Crippen molar-refractivity contribution in [3.8, 4) is 5.75 Å². The van der Waals surface area contributed by atoms with Gasteiger partial charge in [0.25, 0.3) is 5.91 Å². The fraction of sp³-hybridized carbons (Fsp3) is 0.371. The Morgan fingerprint density at radius 1 is 0.884 bits per heavy atom. The van der Waals surface area contributed by atoms with Gasteiger partial charge in [-0.3, -0.25) is 19.5 Å². The summed E-state index contributed by atoms with van der Waals surface area (Å²) in [6.45, 7) is 14.5. The average Bonchev–Trinajstić information content (AvgIpc) is 3.00. The zero-order valence-electron chi connectivity index (χ0n) is 25.1. The highest BCUT2D eigenvalue weighted by Gasteiger charge is 2.35. The summed E-state index contributed by atoms with van der Waals surface area (Å²) in [6, 6.07) is 22.9. The molecule has 226 valence electrons. The molecule has 3 aromatic rings. The van der Waals surface area contributed by atoms with Crippen molar-refractivity contribution in [2.24, 2.45) is 0 Å². The van der Waals surface area contributed by atoms with Gasteiger partial charge >= 0.3 is 5.97 Å². The number of hydrogen-bond acceptors (Lipinski definition) is 6. The van der Waals surface area contributed by atoms with Crippen molar-refractivity contribution in [1.29, 1.82) is 0 Å². The first-order chi connectivity index (χ1) is 20.7. The predicted octanol–water partition coefficient (Wildman–Crippen LogP) is 4.72. The summed E-state index contributed by atoms with van der Waals surface area (Å²) in [6.07, 6.45) is 1.96. The second kappa shape index (κ2) is 13.5. The highest BCUT2D eigenvalue weighted by atomic mass is 16.4. The number of piperazine rings is 2. The summed E-state index contributed by atoms with van der Waals surface area (Å²) in [7, 11) is 0. The van der Waals surface area contributed by atoms with Gasteiger partial charge < -0.3 is 15.1 Å². The van der Waals surface area contributed by atoms with Crippen LogP contribution in [-0.4, -0.2) is 99.6 Å². The number of aromatic hydroxyl groups is 1. The SMILES string of the molecule is C=CCN1C[C@H](C)N([C@@H](c2cccc(O)c2)c2cccc(C(=O)N3CCN(Cc4ccc(C(=O)O)cc4)CC3)c2)C[C@H]1C. The summed E-state index contributed by atoms with van der Waals surface area (Å²) >= 11 is 0. The van der Waals surface area contributed by atoms with E-state index in [4.69, 9.17) is 5.11 Å². The third kappa shape index (κ3) is 7.16. The maximum atomic E-state index is 13.7. The Hall–Kier alpha value is -3.98. The van der Waals surface area contributed by atoms with Crippen molar-refractivity contribution in [2.75, 3.05) is 45.8 Å². The van der Waals surface area contributed by atoms with Crippen molar-refractivity contribution >= 4 is 11.9 Å². The molecular formula is C35H42N4O4. The van der Waals surface area contributed by atoms with E-state index in [1.165, 1.54) is 0 Å². The number of amides is 1. The molecule has 8 heteroatoms. The van der Waals surface area contributed by atoms with E-state index in [-0.39, 0.29) is 29.3 Å². The van der Waals surface area contributed by atoms with E-state index >= 15 is 0 Å². The number of carboxylic acids is 1. The first-order valence-electron chi connectivity index (χ1n) is 15.1. The van der Waals surface area contributed by atoms with Crippen LogP contribution in [0.25, 0.3) is 0 Å². The molecule has 2 saturated heterocycles. The molecule has 0 spiro atoms. The minimum Gasteiger partial charge on any atom is -0.508 e. The van der Waals surface area contributed by atoms with E-state index in [0.717, 1.165) is 56.0 Å². The molecule has 0 unspecified atom stereocenters. The van der Waals surface area contributed by atoms with Crippen LogP contribution in [0.3, 0.4) is 0 Å². The lowest BCUT2D eigenvalue weighted by Crippen LogP contribution is -2.57. The van der Waals surface area contributed by atoms with Crippen molar-refractivity contribution in [3.63, 3.8) is 0 Å². The Morgan fingerprint density at radius 2 is 1.56 bits per heavy atom. The second-order valence-electron chi connectivity index (χ2n) is 11.8. The molecule has 43 heavy (non-hydrogen) atoms. The molecule has 5 rings (SSSR count). The van der Waals surface area contributed by atoms with Gasteiger partial charge in [-0.15, -0.1) is 6.58 Å². The summed E-state index contributed by atoms with van der Waals surface area (Å²) in [5.41, 5.74) is 4.06. The molecule has 2 N–H and O–H groups in total. The van der Waals surface area contributed by atoms with Gasteiger partial charge in [-0.2, -0.15) is 0 Å². The Kier molecular flexibility index (Phi) is 9.60. The first kappa shape index (κ1) is 30.5. The Morgan fingerprint density at radius 3 is 2.21 bits per heavy atom. The highest BCUT2D eigenvalue weighted by Crippen LogP contribution is 2.35. The molecule has 2 fully saturated rings. The molecule has 2 heterocycles. The maximum Gasteiger partial charge on any atom is 0.335 e. The van der Waals surface area contributed by atoms with Gasteiger partial charge in [0.05, 0.1) is 11.6 Å². The molecule has 0 radical (unpaired) electrons. The van der Waals surface area contributed by atoms with Crippen LogP contribution in [0, 0.1) is 0 Å². The minimum atomic E-state index is -0.925. The number of carbonyl (C=O) groups excluding carboxylic acids is 1. The third-order valence-corrected chi connectivity index (χ3v) is 8.76. The van der Waals surface area contributed by atoms with Gasteiger partial charge in [0.2, 0.25) is 0 Å². The molecule has 2 aliphatic heterocycles. The quantitative estimate of drug-likeness (QED) is 0.353. The van der Waals surface area contributed by atoms with Crippen LogP contribution in [0.1, 0.15) is 57.3 Å². The number of carboxylic acid groups (broad SMARTS) is 1. The van der Waals surface area contributed by atoms with Crippen LogP contribution in [0.5, 0.6) is 5.75 Å². The topological polar surface area (TPSA) is 87.6 Å². The normalized spacial score (nSPS) is 20.9. The van der Waals surface area contributed by atoms with Crippen LogP contribution in [0.2, 0.25) is 0 Å². The molecule has 0 bridgehead atoms. The second-order valence-corrected chi connectivity index (χ2v) is 11.8. The minimum absolute atomic E-state index is 0.0270. The summed E-state index contributed by atoms with van der Waals surface area (Å²) in [5, 5.41) is 19.5.